The minimum absolute atomic E-state index is 0.150. The van der Waals surface area contributed by atoms with Gasteiger partial charge in [0.2, 0.25) is 0 Å². The van der Waals surface area contributed by atoms with Gasteiger partial charge in [-0.25, -0.2) is 0 Å². The quantitative estimate of drug-likeness (QED) is 0.801. The molecule has 2 rings (SSSR count). The Balaban J connectivity index is 2.50. The van der Waals surface area contributed by atoms with Crippen molar-refractivity contribution in [1.82, 2.24) is 0 Å². The van der Waals surface area contributed by atoms with Crippen molar-refractivity contribution in [3.8, 4) is 11.5 Å². The van der Waals surface area contributed by atoms with Gasteiger partial charge >= 0.3 is 0 Å². The number of halogens is 1. The molecule has 2 aromatic rings. The van der Waals surface area contributed by atoms with Crippen LogP contribution < -0.4 is 9.47 Å². The van der Waals surface area contributed by atoms with E-state index < -0.39 is 0 Å². The van der Waals surface area contributed by atoms with Crippen molar-refractivity contribution in [2.75, 3.05) is 14.2 Å². The first-order valence-electron chi connectivity index (χ1n) is 6.10. The minimum Gasteiger partial charge on any atom is -0.493 e. The van der Waals surface area contributed by atoms with E-state index in [0.29, 0.717) is 27.6 Å². The van der Waals surface area contributed by atoms with E-state index >= 15 is 0 Å². The summed E-state index contributed by atoms with van der Waals surface area (Å²) in [6.45, 7) is 1.89. The van der Waals surface area contributed by atoms with Crippen LogP contribution in [0.1, 0.15) is 21.5 Å². The van der Waals surface area contributed by atoms with Crippen LogP contribution in [0.25, 0.3) is 0 Å². The zero-order valence-electron chi connectivity index (χ0n) is 11.6. The predicted molar refractivity (Wildman–Crippen MR) is 79.2 cm³/mol. The van der Waals surface area contributed by atoms with Crippen LogP contribution in [0.3, 0.4) is 0 Å². The number of aryl methyl sites for hydroxylation is 1. The number of methoxy groups -OCH3 is 2. The molecular weight excluding hydrogens is 276 g/mol. The van der Waals surface area contributed by atoms with Gasteiger partial charge in [-0.1, -0.05) is 29.8 Å². The van der Waals surface area contributed by atoms with Crippen LogP contribution in [0.5, 0.6) is 11.5 Å². The number of carbonyl (C=O) groups excluding carboxylic acids is 1. The van der Waals surface area contributed by atoms with Gasteiger partial charge in [-0.2, -0.15) is 0 Å². The number of ketones is 1. The third-order valence-corrected chi connectivity index (χ3v) is 3.49. The van der Waals surface area contributed by atoms with E-state index in [9.17, 15) is 4.79 Å². The lowest BCUT2D eigenvalue weighted by atomic mass is 10.0. The Morgan fingerprint density at radius 2 is 1.85 bits per heavy atom. The van der Waals surface area contributed by atoms with Crippen molar-refractivity contribution in [2.24, 2.45) is 0 Å². The number of hydrogen-bond acceptors (Lipinski definition) is 3. The molecule has 0 unspecified atom stereocenters. The Morgan fingerprint density at radius 3 is 2.45 bits per heavy atom. The molecule has 0 fully saturated rings. The van der Waals surface area contributed by atoms with E-state index in [-0.39, 0.29) is 5.78 Å². The fourth-order valence-corrected chi connectivity index (χ4v) is 2.14. The van der Waals surface area contributed by atoms with E-state index in [4.69, 9.17) is 21.1 Å². The molecule has 20 heavy (non-hydrogen) atoms. The third kappa shape index (κ3) is 2.63. The second kappa shape index (κ2) is 5.97. The van der Waals surface area contributed by atoms with Crippen LogP contribution in [0.2, 0.25) is 5.02 Å². The Morgan fingerprint density at radius 1 is 1.10 bits per heavy atom. The van der Waals surface area contributed by atoms with Crippen molar-refractivity contribution >= 4 is 17.4 Å². The SMILES string of the molecule is COc1cccc(C(=O)c2ccc(C)c(Cl)c2)c1OC. The van der Waals surface area contributed by atoms with Crippen LogP contribution in [0.4, 0.5) is 0 Å². The van der Waals surface area contributed by atoms with Crippen LogP contribution in [-0.2, 0) is 0 Å². The van der Waals surface area contributed by atoms with Gasteiger partial charge in [0, 0.05) is 10.6 Å². The number of para-hydroxylation sites is 1. The second-order valence-corrected chi connectivity index (χ2v) is 4.74. The number of carbonyl (C=O) groups is 1. The molecule has 0 aromatic heterocycles. The van der Waals surface area contributed by atoms with Crippen molar-refractivity contribution in [1.29, 1.82) is 0 Å². The summed E-state index contributed by atoms with van der Waals surface area (Å²) in [7, 11) is 3.05. The van der Waals surface area contributed by atoms with E-state index in [2.05, 4.69) is 0 Å². The van der Waals surface area contributed by atoms with Crippen LogP contribution in [0, 0.1) is 6.92 Å². The third-order valence-electron chi connectivity index (χ3n) is 3.08. The first-order chi connectivity index (χ1) is 9.58. The van der Waals surface area contributed by atoms with Crippen molar-refractivity contribution in [3.05, 3.63) is 58.1 Å². The molecule has 0 amide bonds. The van der Waals surface area contributed by atoms with E-state index in [1.807, 2.05) is 13.0 Å². The summed E-state index contributed by atoms with van der Waals surface area (Å²) in [5.41, 5.74) is 1.90. The topological polar surface area (TPSA) is 35.5 Å². The molecular formula is C16H15ClO3. The summed E-state index contributed by atoms with van der Waals surface area (Å²) >= 11 is 6.07. The van der Waals surface area contributed by atoms with Gasteiger partial charge in [0.15, 0.2) is 17.3 Å². The lowest BCUT2D eigenvalue weighted by molar-refractivity contribution is 0.103. The van der Waals surface area contributed by atoms with Gasteiger partial charge in [-0.15, -0.1) is 0 Å². The van der Waals surface area contributed by atoms with E-state index in [0.717, 1.165) is 5.56 Å². The first kappa shape index (κ1) is 14.4. The molecule has 2 aromatic carbocycles. The van der Waals surface area contributed by atoms with Crippen LogP contribution in [0.15, 0.2) is 36.4 Å². The summed E-state index contributed by atoms with van der Waals surface area (Å²) < 4.78 is 10.5. The highest BCUT2D eigenvalue weighted by Crippen LogP contribution is 2.32. The van der Waals surface area contributed by atoms with Gasteiger partial charge in [0.25, 0.3) is 0 Å². The molecule has 0 N–H and O–H groups in total. The van der Waals surface area contributed by atoms with Gasteiger partial charge in [0.05, 0.1) is 19.8 Å². The first-order valence-corrected chi connectivity index (χ1v) is 6.48. The molecule has 0 radical (unpaired) electrons. The van der Waals surface area contributed by atoms with Gasteiger partial charge in [0.1, 0.15) is 0 Å². The summed E-state index contributed by atoms with van der Waals surface area (Å²) in [5.74, 6) is 0.802. The smallest absolute Gasteiger partial charge is 0.196 e. The molecule has 0 heterocycles. The summed E-state index contributed by atoms with van der Waals surface area (Å²) in [6.07, 6.45) is 0. The summed E-state index contributed by atoms with van der Waals surface area (Å²) in [5, 5.41) is 0.567. The Labute approximate surface area is 123 Å². The molecule has 0 spiro atoms. The average molecular weight is 291 g/mol. The molecule has 0 bridgehead atoms. The van der Waals surface area contributed by atoms with Crippen LogP contribution >= 0.6 is 11.6 Å². The lowest BCUT2D eigenvalue weighted by Gasteiger charge is -2.12. The van der Waals surface area contributed by atoms with Crippen molar-refractivity contribution in [3.63, 3.8) is 0 Å². The van der Waals surface area contributed by atoms with E-state index in [1.54, 1.807) is 30.3 Å². The highest BCUT2D eigenvalue weighted by atomic mass is 35.5. The number of rotatable bonds is 4. The minimum atomic E-state index is -0.150. The van der Waals surface area contributed by atoms with E-state index in [1.165, 1.54) is 14.2 Å². The second-order valence-electron chi connectivity index (χ2n) is 4.33. The maximum atomic E-state index is 12.6. The van der Waals surface area contributed by atoms with Gasteiger partial charge < -0.3 is 9.47 Å². The molecule has 0 saturated carbocycles. The van der Waals surface area contributed by atoms with Gasteiger partial charge in [-0.3, -0.25) is 4.79 Å². The maximum absolute atomic E-state index is 12.6. The highest BCUT2D eigenvalue weighted by Gasteiger charge is 2.18. The summed E-state index contributed by atoms with van der Waals surface area (Å²) in [6, 6.07) is 10.4. The molecule has 104 valence electrons. The number of benzene rings is 2. The lowest BCUT2D eigenvalue weighted by Crippen LogP contribution is -2.05. The Bertz CT molecular complexity index is 650. The molecule has 4 heteroatoms. The van der Waals surface area contributed by atoms with Crippen molar-refractivity contribution < 1.29 is 14.3 Å². The predicted octanol–water partition coefficient (Wildman–Crippen LogP) is 3.90. The largest absolute Gasteiger partial charge is 0.493 e. The molecule has 0 aliphatic heterocycles. The molecule has 0 saturated heterocycles. The Kier molecular flexibility index (Phi) is 4.30. The normalized spacial score (nSPS) is 10.2. The average Bonchev–Trinajstić information content (AvgIpc) is 2.48. The summed E-state index contributed by atoms with van der Waals surface area (Å²) in [4.78, 5) is 12.6. The zero-order valence-corrected chi connectivity index (χ0v) is 12.3. The molecule has 0 aliphatic carbocycles. The maximum Gasteiger partial charge on any atom is 0.196 e. The fourth-order valence-electron chi connectivity index (χ4n) is 1.96. The monoisotopic (exact) mass is 290 g/mol. The van der Waals surface area contributed by atoms with Crippen molar-refractivity contribution in [2.45, 2.75) is 6.92 Å². The number of ether oxygens (including phenoxy) is 2. The highest BCUT2D eigenvalue weighted by molar-refractivity contribution is 6.32. The Hall–Kier alpha value is -2.00. The van der Waals surface area contributed by atoms with Crippen LogP contribution in [-0.4, -0.2) is 20.0 Å². The molecule has 0 aliphatic rings. The van der Waals surface area contributed by atoms with Gasteiger partial charge in [-0.05, 0) is 30.7 Å². The fraction of sp³-hybridized carbons (Fsp3) is 0.188. The molecule has 3 nitrogen and oxygen atoms in total. The number of hydrogen-bond donors (Lipinski definition) is 0. The zero-order chi connectivity index (χ0) is 14.7. The molecule has 0 atom stereocenters. The standard InChI is InChI=1S/C16H15ClO3/c1-10-7-8-11(9-13(10)17)15(18)12-5-4-6-14(19-2)16(12)20-3/h4-9H,1-3H3.